The van der Waals surface area contributed by atoms with Gasteiger partial charge >= 0.3 is 0 Å². The van der Waals surface area contributed by atoms with Crippen molar-refractivity contribution >= 4 is 11.6 Å². The number of likely N-dealkylation sites (N-methyl/N-ethyl adjacent to an activating group) is 1. The molecule has 3 rings (SSSR count). The molecule has 1 heterocycles. The van der Waals surface area contributed by atoms with Crippen molar-refractivity contribution in [2.45, 2.75) is 20.4 Å². The van der Waals surface area contributed by atoms with Crippen LogP contribution in [0.4, 0.5) is 5.69 Å². The molecule has 26 heavy (non-hydrogen) atoms. The fraction of sp³-hybridized carbons (Fsp3) is 0.409. The minimum absolute atomic E-state index is 0.192. The van der Waals surface area contributed by atoms with Crippen molar-refractivity contribution in [2.75, 3.05) is 44.7 Å². The van der Waals surface area contributed by atoms with Gasteiger partial charge in [-0.05, 0) is 42.7 Å². The Labute approximate surface area is 157 Å². The summed E-state index contributed by atoms with van der Waals surface area (Å²) in [5, 5.41) is 0. The number of benzene rings is 2. The third-order valence-corrected chi connectivity index (χ3v) is 5.19. The maximum absolute atomic E-state index is 12.6. The van der Waals surface area contributed by atoms with Crippen molar-refractivity contribution in [1.82, 2.24) is 9.80 Å². The van der Waals surface area contributed by atoms with Crippen molar-refractivity contribution in [3.63, 3.8) is 0 Å². The number of aryl methyl sites for hydroxylation is 2. The van der Waals surface area contributed by atoms with E-state index in [0.29, 0.717) is 13.1 Å². The van der Waals surface area contributed by atoms with Gasteiger partial charge in [0.2, 0.25) is 5.91 Å². The second-order valence-electron chi connectivity index (χ2n) is 7.28. The molecule has 0 saturated carbocycles. The average molecular weight is 351 g/mol. The van der Waals surface area contributed by atoms with E-state index in [0.717, 1.165) is 26.2 Å². The number of nitrogens with zero attached hydrogens (tertiary/aromatic N) is 3. The van der Waals surface area contributed by atoms with E-state index >= 15 is 0 Å². The number of carbonyl (C=O) groups is 1. The molecule has 0 aromatic heterocycles. The van der Waals surface area contributed by atoms with Crippen LogP contribution in [0, 0.1) is 13.8 Å². The second kappa shape index (κ2) is 8.37. The summed E-state index contributed by atoms with van der Waals surface area (Å²) in [6, 6.07) is 16.9. The normalized spacial score (nSPS) is 15.1. The first-order valence-corrected chi connectivity index (χ1v) is 9.35. The van der Waals surface area contributed by atoms with Crippen LogP contribution < -0.4 is 4.90 Å². The molecule has 0 spiro atoms. The van der Waals surface area contributed by atoms with Crippen molar-refractivity contribution < 1.29 is 4.79 Å². The summed E-state index contributed by atoms with van der Waals surface area (Å²) in [5.74, 6) is 0.192. The van der Waals surface area contributed by atoms with E-state index in [1.165, 1.54) is 22.4 Å². The lowest BCUT2D eigenvalue weighted by atomic mass is 10.1. The van der Waals surface area contributed by atoms with Crippen LogP contribution in [0.3, 0.4) is 0 Å². The number of carbonyl (C=O) groups excluding carboxylic acids is 1. The molecule has 4 heteroatoms. The highest BCUT2D eigenvalue weighted by atomic mass is 16.2. The quantitative estimate of drug-likeness (QED) is 0.828. The highest BCUT2D eigenvalue weighted by Crippen LogP contribution is 2.18. The first-order chi connectivity index (χ1) is 12.5. The summed E-state index contributed by atoms with van der Waals surface area (Å²) in [6.45, 7) is 9.20. The van der Waals surface area contributed by atoms with E-state index in [2.05, 4.69) is 60.0 Å². The van der Waals surface area contributed by atoms with Crippen molar-refractivity contribution in [3.8, 4) is 0 Å². The molecular weight excluding hydrogens is 322 g/mol. The monoisotopic (exact) mass is 351 g/mol. The molecule has 2 aromatic carbocycles. The van der Waals surface area contributed by atoms with Gasteiger partial charge in [0.15, 0.2) is 0 Å². The van der Waals surface area contributed by atoms with Gasteiger partial charge in [-0.3, -0.25) is 9.69 Å². The molecule has 1 saturated heterocycles. The first-order valence-electron chi connectivity index (χ1n) is 9.35. The zero-order valence-corrected chi connectivity index (χ0v) is 16.1. The van der Waals surface area contributed by atoms with Gasteiger partial charge in [0.1, 0.15) is 0 Å². The summed E-state index contributed by atoms with van der Waals surface area (Å²) in [4.78, 5) is 19.1. The Bertz CT molecular complexity index is 751. The third-order valence-electron chi connectivity index (χ3n) is 5.19. The van der Waals surface area contributed by atoms with Crippen LogP contribution in [-0.4, -0.2) is 55.5 Å². The number of hydrogen-bond acceptors (Lipinski definition) is 3. The maximum atomic E-state index is 12.6. The standard InChI is InChI=1S/C22H29N3O/c1-18-7-6-10-21(15-18)25-13-11-24(12-14-25)17-22(26)23(3)16-20-9-5-4-8-19(20)2/h4-10,15H,11-14,16-17H2,1-3H3. The van der Waals surface area contributed by atoms with Crippen LogP contribution in [0.25, 0.3) is 0 Å². The van der Waals surface area contributed by atoms with E-state index in [4.69, 9.17) is 0 Å². The Morgan fingerprint density at radius 3 is 2.42 bits per heavy atom. The number of rotatable bonds is 5. The molecule has 1 aliphatic heterocycles. The van der Waals surface area contributed by atoms with Crippen LogP contribution in [0.2, 0.25) is 0 Å². The largest absolute Gasteiger partial charge is 0.369 e. The molecule has 0 radical (unpaired) electrons. The topological polar surface area (TPSA) is 26.8 Å². The number of hydrogen-bond donors (Lipinski definition) is 0. The van der Waals surface area contributed by atoms with Crippen molar-refractivity contribution in [1.29, 1.82) is 0 Å². The van der Waals surface area contributed by atoms with Gasteiger partial charge in [0.05, 0.1) is 6.54 Å². The summed E-state index contributed by atoms with van der Waals surface area (Å²) in [5.41, 5.74) is 5.03. The van der Waals surface area contributed by atoms with Crippen LogP contribution in [0.15, 0.2) is 48.5 Å². The third kappa shape index (κ3) is 4.64. The minimum Gasteiger partial charge on any atom is -0.369 e. The summed E-state index contributed by atoms with van der Waals surface area (Å²) < 4.78 is 0. The molecule has 4 nitrogen and oxygen atoms in total. The Morgan fingerprint density at radius 2 is 1.73 bits per heavy atom. The maximum Gasteiger partial charge on any atom is 0.236 e. The van der Waals surface area contributed by atoms with Gasteiger partial charge in [-0.15, -0.1) is 0 Å². The van der Waals surface area contributed by atoms with Crippen molar-refractivity contribution in [2.24, 2.45) is 0 Å². The van der Waals surface area contributed by atoms with Gasteiger partial charge in [-0.2, -0.15) is 0 Å². The van der Waals surface area contributed by atoms with Gasteiger partial charge in [0.25, 0.3) is 0 Å². The number of anilines is 1. The lowest BCUT2D eigenvalue weighted by Crippen LogP contribution is -2.49. The summed E-state index contributed by atoms with van der Waals surface area (Å²) >= 11 is 0. The van der Waals surface area contributed by atoms with Gasteiger partial charge < -0.3 is 9.80 Å². The smallest absolute Gasteiger partial charge is 0.236 e. The molecule has 0 atom stereocenters. The fourth-order valence-corrected chi connectivity index (χ4v) is 3.43. The molecule has 1 aliphatic rings. The molecule has 0 bridgehead atoms. The summed E-state index contributed by atoms with van der Waals surface area (Å²) in [6.07, 6.45) is 0. The Morgan fingerprint density at radius 1 is 1.00 bits per heavy atom. The highest BCUT2D eigenvalue weighted by molar-refractivity contribution is 5.78. The minimum atomic E-state index is 0.192. The van der Waals surface area contributed by atoms with E-state index in [-0.39, 0.29) is 5.91 Å². The molecule has 1 amide bonds. The van der Waals surface area contributed by atoms with Crippen LogP contribution in [0.5, 0.6) is 0 Å². The lowest BCUT2D eigenvalue weighted by Gasteiger charge is -2.36. The summed E-state index contributed by atoms with van der Waals surface area (Å²) in [7, 11) is 1.90. The van der Waals surface area contributed by atoms with E-state index in [1.807, 2.05) is 24.1 Å². The van der Waals surface area contributed by atoms with Gasteiger partial charge in [-0.25, -0.2) is 0 Å². The molecule has 1 fully saturated rings. The second-order valence-corrected chi connectivity index (χ2v) is 7.28. The molecule has 0 N–H and O–H groups in total. The predicted molar refractivity (Wildman–Crippen MR) is 107 cm³/mol. The molecule has 0 unspecified atom stereocenters. The van der Waals surface area contributed by atoms with Crippen molar-refractivity contribution in [3.05, 3.63) is 65.2 Å². The SMILES string of the molecule is Cc1cccc(N2CCN(CC(=O)N(C)Cc3ccccc3C)CC2)c1. The van der Waals surface area contributed by atoms with Gasteiger partial charge in [0, 0.05) is 45.5 Å². The Kier molecular flexibility index (Phi) is 5.94. The fourth-order valence-electron chi connectivity index (χ4n) is 3.43. The first kappa shape index (κ1) is 18.5. The van der Waals surface area contributed by atoms with E-state index in [9.17, 15) is 4.79 Å². The molecule has 0 aliphatic carbocycles. The number of piperazine rings is 1. The highest BCUT2D eigenvalue weighted by Gasteiger charge is 2.21. The van der Waals surface area contributed by atoms with Gasteiger partial charge in [-0.1, -0.05) is 36.4 Å². The van der Waals surface area contributed by atoms with Crippen LogP contribution >= 0.6 is 0 Å². The van der Waals surface area contributed by atoms with Crippen LogP contribution in [0.1, 0.15) is 16.7 Å². The lowest BCUT2D eigenvalue weighted by molar-refractivity contribution is -0.131. The van der Waals surface area contributed by atoms with E-state index < -0.39 is 0 Å². The van der Waals surface area contributed by atoms with E-state index in [1.54, 1.807) is 0 Å². The zero-order chi connectivity index (χ0) is 18.5. The Hall–Kier alpha value is -2.33. The molecular formula is C22H29N3O. The average Bonchev–Trinajstić information content (AvgIpc) is 2.64. The molecule has 2 aromatic rings. The molecule has 138 valence electrons. The Balaban J connectivity index is 1.49. The predicted octanol–water partition coefficient (Wildman–Crippen LogP) is 3.08. The number of amides is 1. The zero-order valence-electron chi connectivity index (χ0n) is 16.1. The van der Waals surface area contributed by atoms with Crippen LogP contribution in [-0.2, 0) is 11.3 Å².